The van der Waals surface area contributed by atoms with Gasteiger partial charge in [0.15, 0.2) is 0 Å². The lowest BCUT2D eigenvalue weighted by molar-refractivity contribution is 0.0929. The molecule has 0 heterocycles. The Hall–Kier alpha value is 0. The molecule has 0 amide bonds. The molecule has 2 aliphatic rings. The van der Waals surface area contributed by atoms with E-state index in [1.807, 2.05) is 0 Å². The Morgan fingerprint density at radius 2 is 1.33 bits per heavy atom. The maximum Gasteiger partial charge on any atom is -0.0295 e. The first-order chi connectivity index (χ1) is 7.18. The Morgan fingerprint density at radius 3 is 1.87 bits per heavy atom. The lowest BCUT2D eigenvalue weighted by Gasteiger charge is -2.42. The van der Waals surface area contributed by atoms with Gasteiger partial charge in [-0.3, -0.25) is 0 Å². The maximum atomic E-state index is 2.56. The zero-order valence-corrected chi connectivity index (χ0v) is 10.8. The molecule has 0 aromatic rings. The van der Waals surface area contributed by atoms with Crippen LogP contribution in [0.25, 0.3) is 0 Å². The van der Waals surface area contributed by atoms with Gasteiger partial charge < -0.3 is 0 Å². The van der Waals surface area contributed by atoms with Crippen molar-refractivity contribution in [1.82, 2.24) is 0 Å². The fraction of sp³-hybridized carbons (Fsp3) is 1.00. The minimum absolute atomic E-state index is 0.716. The van der Waals surface area contributed by atoms with Gasteiger partial charge in [-0.15, -0.1) is 0 Å². The molecule has 0 unspecified atom stereocenters. The topological polar surface area (TPSA) is 0 Å². The van der Waals surface area contributed by atoms with Crippen LogP contribution < -0.4 is 0 Å². The zero-order chi connectivity index (χ0) is 10.8. The second-order valence-electron chi connectivity index (χ2n) is 6.61. The van der Waals surface area contributed by atoms with Crippen LogP contribution in [0.3, 0.4) is 0 Å². The van der Waals surface area contributed by atoms with E-state index in [-0.39, 0.29) is 0 Å². The molecule has 0 spiro atoms. The van der Waals surface area contributed by atoms with Crippen molar-refractivity contribution in [2.75, 3.05) is 0 Å². The number of rotatable bonds is 3. The lowest BCUT2D eigenvalue weighted by Crippen LogP contribution is -2.30. The van der Waals surface area contributed by atoms with Gasteiger partial charge in [-0.25, -0.2) is 0 Å². The molecule has 0 aromatic carbocycles. The fourth-order valence-electron chi connectivity index (χ4n) is 4.27. The molecule has 0 nitrogen and oxygen atoms in total. The zero-order valence-electron chi connectivity index (χ0n) is 10.8. The van der Waals surface area contributed by atoms with E-state index in [2.05, 4.69) is 13.8 Å². The van der Waals surface area contributed by atoms with E-state index in [4.69, 9.17) is 0 Å². The van der Waals surface area contributed by atoms with E-state index in [1.165, 1.54) is 70.6 Å². The lowest BCUT2D eigenvalue weighted by atomic mass is 9.63. The molecule has 0 aliphatic heterocycles. The molecule has 0 heteroatoms. The predicted octanol–water partition coefficient (Wildman–Crippen LogP) is 5.32. The van der Waals surface area contributed by atoms with Crippen molar-refractivity contribution in [3.05, 3.63) is 0 Å². The van der Waals surface area contributed by atoms with E-state index in [1.54, 1.807) is 0 Å². The first-order valence-electron chi connectivity index (χ1n) is 7.18. The minimum atomic E-state index is 0.716. The molecule has 0 atom stereocenters. The summed E-state index contributed by atoms with van der Waals surface area (Å²) in [5.41, 5.74) is 1.46. The second-order valence-corrected chi connectivity index (χ2v) is 6.61. The van der Waals surface area contributed by atoms with E-state index < -0.39 is 0 Å². The first kappa shape index (κ1) is 11.5. The van der Waals surface area contributed by atoms with Crippen molar-refractivity contribution >= 4 is 0 Å². The molecule has 15 heavy (non-hydrogen) atoms. The molecule has 0 aromatic heterocycles. The highest BCUT2D eigenvalue weighted by atomic mass is 14.4. The van der Waals surface area contributed by atoms with Crippen molar-refractivity contribution in [2.45, 2.75) is 84.5 Å². The van der Waals surface area contributed by atoms with Crippen LogP contribution in [-0.4, -0.2) is 0 Å². The predicted molar refractivity (Wildman–Crippen MR) is 67.0 cm³/mol. The van der Waals surface area contributed by atoms with Gasteiger partial charge in [0, 0.05) is 0 Å². The summed E-state index contributed by atoms with van der Waals surface area (Å²) in [6.07, 6.45) is 16.5. The van der Waals surface area contributed by atoms with Crippen molar-refractivity contribution in [3.63, 3.8) is 0 Å². The van der Waals surface area contributed by atoms with E-state index >= 15 is 0 Å². The van der Waals surface area contributed by atoms with Crippen molar-refractivity contribution < 1.29 is 0 Å². The summed E-state index contributed by atoms with van der Waals surface area (Å²) in [7, 11) is 0. The number of hydrogen-bond donors (Lipinski definition) is 0. The SMILES string of the molecule is CCC1(CC2(C)CCCC2)CCCCC1. The summed E-state index contributed by atoms with van der Waals surface area (Å²) in [5.74, 6) is 0. The smallest absolute Gasteiger partial charge is 0.0295 e. The average molecular weight is 208 g/mol. The summed E-state index contributed by atoms with van der Waals surface area (Å²) in [6, 6.07) is 0. The molecule has 88 valence electrons. The summed E-state index contributed by atoms with van der Waals surface area (Å²) in [4.78, 5) is 0. The van der Waals surface area contributed by atoms with Gasteiger partial charge in [-0.2, -0.15) is 0 Å². The van der Waals surface area contributed by atoms with Crippen LogP contribution in [0, 0.1) is 10.8 Å². The molecular formula is C15H28. The molecule has 2 aliphatic carbocycles. The van der Waals surface area contributed by atoms with Crippen LogP contribution in [0.15, 0.2) is 0 Å². The number of hydrogen-bond acceptors (Lipinski definition) is 0. The van der Waals surface area contributed by atoms with Gasteiger partial charge in [-0.1, -0.05) is 52.4 Å². The molecule has 0 radical (unpaired) electrons. The Balaban J connectivity index is 1.99. The van der Waals surface area contributed by atoms with E-state index in [9.17, 15) is 0 Å². The highest BCUT2D eigenvalue weighted by Gasteiger charge is 2.39. The third kappa shape index (κ3) is 2.57. The highest BCUT2D eigenvalue weighted by Crippen LogP contribution is 2.52. The molecule has 0 saturated heterocycles. The van der Waals surface area contributed by atoms with Crippen LogP contribution in [0.1, 0.15) is 84.5 Å². The summed E-state index contributed by atoms with van der Waals surface area (Å²) in [5, 5.41) is 0. The molecule has 2 saturated carbocycles. The highest BCUT2D eigenvalue weighted by molar-refractivity contribution is 4.91. The van der Waals surface area contributed by atoms with Gasteiger partial charge in [0.25, 0.3) is 0 Å². The van der Waals surface area contributed by atoms with E-state index in [0.717, 1.165) is 5.41 Å². The third-order valence-corrected chi connectivity index (χ3v) is 5.28. The molecule has 2 fully saturated rings. The summed E-state index contributed by atoms with van der Waals surface area (Å²) < 4.78 is 0. The minimum Gasteiger partial charge on any atom is -0.0649 e. The van der Waals surface area contributed by atoms with Crippen LogP contribution >= 0.6 is 0 Å². The van der Waals surface area contributed by atoms with Crippen molar-refractivity contribution in [2.24, 2.45) is 10.8 Å². The van der Waals surface area contributed by atoms with Gasteiger partial charge in [0.05, 0.1) is 0 Å². The Morgan fingerprint density at radius 1 is 0.800 bits per heavy atom. The second kappa shape index (κ2) is 4.47. The Bertz CT molecular complexity index is 192. The van der Waals surface area contributed by atoms with Crippen LogP contribution in [-0.2, 0) is 0 Å². The molecule has 0 bridgehead atoms. The van der Waals surface area contributed by atoms with Gasteiger partial charge in [0.2, 0.25) is 0 Å². The summed E-state index contributed by atoms with van der Waals surface area (Å²) >= 11 is 0. The first-order valence-corrected chi connectivity index (χ1v) is 7.18. The standard InChI is InChI=1S/C15H28/c1-3-15(11-5-4-6-12-15)13-14(2)9-7-8-10-14/h3-13H2,1-2H3. The van der Waals surface area contributed by atoms with Gasteiger partial charge in [0.1, 0.15) is 0 Å². The van der Waals surface area contributed by atoms with Crippen molar-refractivity contribution in [3.8, 4) is 0 Å². The van der Waals surface area contributed by atoms with Crippen molar-refractivity contribution in [1.29, 1.82) is 0 Å². The van der Waals surface area contributed by atoms with Gasteiger partial charge in [-0.05, 0) is 42.9 Å². The monoisotopic (exact) mass is 208 g/mol. The quantitative estimate of drug-likeness (QED) is 0.589. The Kier molecular flexibility index (Phi) is 3.42. The third-order valence-electron chi connectivity index (χ3n) is 5.28. The maximum absolute atomic E-state index is 2.56. The normalized spacial score (nSPS) is 29.2. The molecular weight excluding hydrogens is 180 g/mol. The van der Waals surface area contributed by atoms with Crippen LogP contribution in [0.5, 0.6) is 0 Å². The van der Waals surface area contributed by atoms with Crippen LogP contribution in [0.4, 0.5) is 0 Å². The molecule has 0 N–H and O–H groups in total. The summed E-state index contributed by atoms with van der Waals surface area (Å²) in [6.45, 7) is 5.00. The largest absolute Gasteiger partial charge is 0.0649 e. The Labute approximate surface area is 95.8 Å². The molecule has 2 rings (SSSR count). The van der Waals surface area contributed by atoms with Crippen LogP contribution in [0.2, 0.25) is 0 Å². The van der Waals surface area contributed by atoms with Gasteiger partial charge >= 0.3 is 0 Å². The fourth-order valence-corrected chi connectivity index (χ4v) is 4.27. The van der Waals surface area contributed by atoms with E-state index in [0.29, 0.717) is 5.41 Å². The average Bonchev–Trinajstić information content (AvgIpc) is 2.66.